The summed E-state index contributed by atoms with van der Waals surface area (Å²) < 4.78 is 0. The van der Waals surface area contributed by atoms with Gasteiger partial charge in [0.15, 0.2) is 5.03 Å². The molecule has 0 aliphatic carbocycles. The summed E-state index contributed by atoms with van der Waals surface area (Å²) in [6, 6.07) is 0. The molecule has 0 aromatic carbocycles. The van der Waals surface area contributed by atoms with Crippen LogP contribution in [0.1, 0.15) is 0 Å². The first-order valence-corrected chi connectivity index (χ1v) is 2.47. The van der Waals surface area contributed by atoms with Gasteiger partial charge in [0.05, 0.1) is 17.6 Å². The van der Waals surface area contributed by atoms with Gasteiger partial charge in [-0.2, -0.15) is 0 Å². The van der Waals surface area contributed by atoms with E-state index in [0.717, 1.165) is 7.05 Å². The van der Waals surface area contributed by atoms with Gasteiger partial charge in [0.1, 0.15) is 0 Å². The van der Waals surface area contributed by atoms with Crippen molar-refractivity contribution in [1.82, 2.24) is 10.1 Å². The molecule has 0 atom stereocenters. The van der Waals surface area contributed by atoms with Gasteiger partial charge in [-0.25, -0.2) is 10.1 Å². The van der Waals surface area contributed by atoms with Gasteiger partial charge in [-0.15, -0.1) is 9.81 Å². The number of guanidine groups is 1. The van der Waals surface area contributed by atoms with Crippen molar-refractivity contribution in [3.63, 3.8) is 0 Å². The summed E-state index contributed by atoms with van der Waals surface area (Å²) in [5.74, 6) is -1.04. The highest BCUT2D eigenvalue weighted by molar-refractivity contribution is 5.74. The molecule has 10 nitrogen and oxygen atoms in total. The fraction of sp³-hybridized carbons (Fsp3) is 0.500. The molecular weight excluding hydrogens is 172 g/mol. The number of hydrazine groups is 1. The Morgan fingerprint density at radius 1 is 1.50 bits per heavy atom. The van der Waals surface area contributed by atoms with Crippen molar-refractivity contribution in [3.05, 3.63) is 19.9 Å². The number of hydrogen-bond donors (Lipinski definition) is 1. The molecular formula is C2H4N6O4. The van der Waals surface area contributed by atoms with Crippen molar-refractivity contribution in [2.24, 2.45) is 10.6 Å². The van der Waals surface area contributed by atoms with Crippen LogP contribution in [0.25, 0.3) is 0 Å². The van der Waals surface area contributed by atoms with Crippen molar-refractivity contribution < 1.29 is 5.03 Å². The molecule has 0 amide bonds. The van der Waals surface area contributed by atoms with Crippen LogP contribution in [0, 0.1) is 25.3 Å². The van der Waals surface area contributed by atoms with E-state index in [-0.39, 0.29) is 10.1 Å². The van der Waals surface area contributed by atoms with Crippen LogP contribution in [0.3, 0.4) is 0 Å². The molecule has 0 fully saturated rings. The van der Waals surface area contributed by atoms with Gasteiger partial charge in [-0.1, -0.05) is 5.01 Å². The summed E-state index contributed by atoms with van der Waals surface area (Å²) in [7, 11) is 0.867. The van der Waals surface area contributed by atoms with E-state index in [0.29, 0.717) is 0 Å². The Morgan fingerprint density at radius 2 is 1.92 bits per heavy atom. The maximum absolute atomic E-state index is 9.95. The first-order chi connectivity index (χ1) is 5.54. The van der Waals surface area contributed by atoms with E-state index in [1.165, 1.54) is 0 Å². The van der Waals surface area contributed by atoms with Crippen molar-refractivity contribution >= 4 is 5.96 Å². The molecule has 0 rings (SSSR count). The smallest absolute Gasteiger partial charge is 0.261 e. The second kappa shape index (κ2) is 3.90. The molecule has 0 spiro atoms. The number of nitroso groups, excluding NO2 is 2. The number of rotatable bonds is 3. The van der Waals surface area contributed by atoms with Gasteiger partial charge in [0.25, 0.3) is 0 Å². The zero-order chi connectivity index (χ0) is 9.72. The zero-order valence-electron chi connectivity index (χ0n) is 5.87. The second-order valence-electron chi connectivity index (χ2n) is 1.54. The highest BCUT2D eigenvalue weighted by atomic mass is 16.7. The Balaban J connectivity index is 4.46. The monoisotopic (exact) mass is 176 g/mol. The second-order valence-corrected chi connectivity index (χ2v) is 1.54. The van der Waals surface area contributed by atoms with Gasteiger partial charge in [0.2, 0.25) is 0 Å². The van der Waals surface area contributed by atoms with Gasteiger partial charge < -0.3 is 0 Å². The molecule has 12 heavy (non-hydrogen) atoms. The Morgan fingerprint density at radius 3 is 2.17 bits per heavy atom. The highest BCUT2D eigenvalue weighted by Gasteiger charge is 2.23. The lowest BCUT2D eigenvalue weighted by molar-refractivity contribution is -0.624. The summed E-state index contributed by atoms with van der Waals surface area (Å²) in [5, 5.41) is 19.5. The molecule has 0 aliphatic rings. The SMILES string of the molecule is CN(C(=N)N(N=O)N=O)[N+](=O)[O-]. The van der Waals surface area contributed by atoms with Crippen molar-refractivity contribution in [2.45, 2.75) is 0 Å². The number of hydrogen-bond acceptors (Lipinski definition) is 7. The summed E-state index contributed by atoms with van der Waals surface area (Å²) in [4.78, 5) is 29.3. The van der Waals surface area contributed by atoms with Crippen LogP contribution >= 0.6 is 0 Å². The van der Waals surface area contributed by atoms with Crippen LogP contribution in [0.4, 0.5) is 0 Å². The molecule has 0 saturated carbocycles. The Kier molecular flexibility index (Phi) is 3.21. The first kappa shape index (κ1) is 9.87. The van der Waals surface area contributed by atoms with E-state index in [2.05, 4.69) is 0 Å². The normalized spacial score (nSPS) is 8.42. The van der Waals surface area contributed by atoms with Crippen molar-refractivity contribution in [3.8, 4) is 0 Å². The van der Waals surface area contributed by atoms with E-state index in [1.54, 1.807) is 0 Å². The number of nitrogens with one attached hydrogen (secondary N) is 1. The van der Waals surface area contributed by atoms with Gasteiger partial charge >= 0.3 is 5.96 Å². The summed E-state index contributed by atoms with van der Waals surface area (Å²) in [6.45, 7) is 0. The maximum atomic E-state index is 9.95. The fourth-order valence-electron chi connectivity index (χ4n) is 0.299. The predicted molar refractivity (Wildman–Crippen MR) is 35.9 cm³/mol. The maximum Gasteiger partial charge on any atom is 0.305 e. The predicted octanol–water partition coefficient (Wildman–Crippen LogP) is -0.291. The van der Waals surface area contributed by atoms with Crippen LogP contribution in [0.5, 0.6) is 0 Å². The van der Waals surface area contributed by atoms with Crippen molar-refractivity contribution in [1.29, 1.82) is 5.41 Å². The minimum Gasteiger partial charge on any atom is -0.261 e. The van der Waals surface area contributed by atoms with E-state index >= 15 is 0 Å². The van der Waals surface area contributed by atoms with E-state index in [1.807, 2.05) is 10.6 Å². The quantitative estimate of drug-likeness (QED) is 0.206. The lowest BCUT2D eigenvalue weighted by Crippen LogP contribution is -2.39. The Hall–Kier alpha value is -2.13. The van der Waals surface area contributed by atoms with Gasteiger partial charge in [-0.05, 0) is 5.12 Å². The van der Waals surface area contributed by atoms with Gasteiger partial charge in [-0.3, -0.25) is 5.41 Å². The zero-order valence-corrected chi connectivity index (χ0v) is 5.87. The molecule has 0 bridgehead atoms. The summed E-state index contributed by atoms with van der Waals surface area (Å²) >= 11 is 0. The van der Waals surface area contributed by atoms with Crippen molar-refractivity contribution in [2.75, 3.05) is 7.05 Å². The largest absolute Gasteiger partial charge is 0.305 e. The summed E-state index contributed by atoms with van der Waals surface area (Å²) in [5.41, 5.74) is 0. The van der Waals surface area contributed by atoms with Crippen LogP contribution in [-0.4, -0.2) is 28.2 Å². The third kappa shape index (κ3) is 1.93. The average Bonchev–Trinajstić information content (AvgIpc) is 2.05. The van der Waals surface area contributed by atoms with Crippen LogP contribution in [0.15, 0.2) is 10.6 Å². The number of nitro groups is 1. The molecule has 0 aromatic rings. The van der Waals surface area contributed by atoms with Gasteiger partial charge in [0, 0.05) is 0 Å². The lowest BCUT2D eigenvalue weighted by Gasteiger charge is -2.09. The molecule has 0 aliphatic heterocycles. The van der Waals surface area contributed by atoms with Crippen LogP contribution < -0.4 is 0 Å². The highest BCUT2D eigenvalue weighted by Crippen LogP contribution is 1.95. The topological polar surface area (TPSA) is 132 Å². The first-order valence-electron chi connectivity index (χ1n) is 2.47. The Labute approximate surface area is 65.3 Å². The minimum absolute atomic E-state index is 0.114. The fourth-order valence-corrected chi connectivity index (χ4v) is 0.299. The molecule has 66 valence electrons. The molecule has 0 aromatic heterocycles. The molecule has 0 unspecified atom stereocenters. The molecule has 0 saturated heterocycles. The molecule has 0 radical (unpaired) electrons. The standard InChI is InChI=1S/C2H4N6O4/c1-6(8(11)12)2(3)7(4-9)5-10/h3H,1H3. The van der Waals surface area contributed by atoms with E-state index in [4.69, 9.17) is 5.41 Å². The third-order valence-corrected chi connectivity index (χ3v) is 0.896. The molecule has 1 N–H and O–H groups in total. The summed E-state index contributed by atoms with van der Waals surface area (Å²) in [6.07, 6.45) is 0. The number of nitrogens with zero attached hydrogens (tertiary/aromatic N) is 5. The Bertz CT molecular complexity index is 218. The molecule has 10 heteroatoms. The lowest BCUT2D eigenvalue weighted by atomic mass is 10.9. The van der Waals surface area contributed by atoms with E-state index in [9.17, 15) is 19.9 Å². The molecule has 0 heterocycles. The minimum atomic E-state index is -1.04. The third-order valence-electron chi connectivity index (χ3n) is 0.896. The van der Waals surface area contributed by atoms with Crippen LogP contribution in [0.2, 0.25) is 0 Å². The average molecular weight is 176 g/mol. The van der Waals surface area contributed by atoms with E-state index < -0.39 is 11.0 Å². The van der Waals surface area contributed by atoms with Crippen LogP contribution in [-0.2, 0) is 0 Å².